The summed E-state index contributed by atoms with van der Waals surface area (Å²) in [5.41, 5.74) is -0.134. The highest BCUT2D eigenvalue weighted by Crippen LogP contribution is 2.27. The molecule has 0 unspecified atom stereocenters. The van der Waals surface area contributed by atoms with Crippen LogP contribution in [0.25, 0.3) is 16.2 Å². The van der Waals surface area contributed by atoms with Gasteiger partial charge in [-0.15, -0.1) is 0 Å². The molecule has 1 saturated heterocycles. The first kappa shape index (κ1) is 20.0. The molecule has 1 fully saturated rings. The monoisotopic (exact) mass is 453 g/mol. The van der Waals surface area contributed by atoms with Gasteiger partial charge in [0, 0.05) is 37.0 Å². The third-order valence-corrected chi connectivity index (χ3v) is 5.81. The maximum atomic E-state index is 14.9. The fourth-order valence-electron chi connectivity index (χ4n) is 3.51. The Morgan fingerprint density at radius 1 is 1.31 bits per heavy atom. The van der Waals surface area contributed by atoms with Crippen LogP contribution in [0, 0.1) is 12.7 Å². The number of carboxylic acids is 1. The maximum absolute atomic E-state index is 14.9. The van der Waals surface area contributed by atoms with Gasteiger partial charge in [-0.25, -0.2) is 24.1 Å². The molecule has 4 aromatic heterocycles. The number of pyridine rings is 3. The first-order valence-corrected chi connectivity index (χ1v) is 10.4. The van der Waals surface area contributed by atoms with Crippen LogP contribution in [0.15, 0.2) is 41.7 Å². The second-order valence-corrected chi connectivity index (χ2v) is 8.16. The second-order valence-electron chi connectivity index (χ2n) is 7.40. The number of nitrogens with zero attached hydrogens (tertiary/aromatic N) is 6. The van der Waals surface area contributed by atoms with Crippen molar-refractivity contribution in [3.05, 3.63) is 64.1 Å². The summed E-state index contributed by atoms with van der Waals surface area (Å²) in [4.78, 5) is 38.7. The SMILES string of the molecule is Cc1ccc(NC2CN(c3nc4c(cc3F)c(=O)c(C(=O)O)cn4-c3ncns3)C2)nc1. The van der Waals surface area contributed by atoms with E-state index in [0.29, 0.717) is 18.2 Å². The molecule has 0 atom stereocenters. The highest BCUT2D eigenvalue weighted by atomic mass is 32.1. The van der Waals surface area contributed by atoms with Crippen LogP contribution in [0.3, 0.4) is 0 Å². The molecule has 0 saturated carbocycles. The molecule has 0 amide bonds. The number of anilines is 2. The van der Waals surface area contributed by atoms with E-state index in [0.717, 1.165) is 35.2 Å². The summed E-state index contributed by atoms with van der Waals surface area (Å²) in [7, 11) is 0. The Morgan fingerprint density at radius 3 is 2.78 bits per heavy atom. The molecule has 0 aliphatic carbocycles. The molecule has 32 heavy (non-hydrogen) atoms. The van der Waals surface area contributed by atoms with Gasteiger partial charge in [0.25, 0.3) is 0 Å². The lowest BCUT2D eigenvalue weighted by atomic mass is 10.1. The van der Waals surface area contributed by atoms with Gasteiger partial charge in [0.1, 0.15) is 17.7 Å². The van der Waals surface area contributed by atoms with Crippen molar-refractivity contribution in [1.29, 1.82) is 0 Å². The van der Waals surface area contributed by atoms with Gasteiger partial charge in [-0.3, -0.25) is 9.36 Å². The van der Waals surface area contributed by atoms with Crippen molar-refractivity contribution in [2.75, 3.05) is 23.3 Å². The van der Waals surface area contributed by atoms with Crippen molar-refractivity contribution >= 4 is 40.2 Å². The summed E-state index contributed by atoms with van der Waals surface area (Å²) in [6.45, 7) is 2.93. The van der Waals surface area contributed by atoms with E-state index in [1.54, 1.807) is 11.1 Å². The van der Waals surface area contributed by atoms with Crippen LogP contribution in [-0.4, -0.2) is 54.1 Å². The highest BCUT2D eigenvalue weighted by Gasteiger charge is 2.31. The average Bonchev–Trinajstić information content (AvgIpc) is 3.27. The third-order valence-electron chi connectivity index (χ3n) is 5.14. The quantitative estimate of drug-likeness (QED) is 0.467. The molecular weight excluding hydrogens is 437 g/mol. The number of hydrogen-bond donors (Lipinski definition) is 2. The summed E-state index contributed by atoms with van der Waals surface area (Å²) in [5, 5.41) is 12.9. The van der Waals surface area contributed by atoms with Crippen molar-refractivity contribution in [1.82, 2.24) is 23.9 Å². The number of rotatable bonds is 5. The largest absolute Gasteiger partial charge is 0.477 e. The van der Waals surface area contributed by atoms with Crippen LogP contribution in [0.5, 0.6) is 0 Å². The van der Waals surface area contributed by atoms with E-state index < -0.39 is 22.8 Å². The molecule has 5 rings (SSSR count). The van der Waals surface area contributed by atoms with E-state index in [4.69, 9.17) is 0 Å². The minimum absolute atomic E-state index is 0.0573. The standard InChI is InChI=1S/C20H16FN7O3S/c1-10-2-3-15(22-5-10)25-11-6-27(7-11)18-14(21)4-12-16(29)13(19(30)31)8-28(17(12)26-18)20-23-9-24-32-20/h2-5,8-9,11H,6-7H2,1H3,(H,22,25)(H,30,31). The Bertz CT molecular complexity index is 1380. The number of aryl methyl sites for hydroxylation is 1. The normalized spacial score (nSPS) is 13.9. The Labute approximate surface area is 184 Å². The summed E-state index contributed by atoms with van der Waals surface area (Å²) >= 11 is 1.00. The smallest absolute Gasteiger partial charge is 0.341 e. The number of nitrogens with one attached hydrogen (secondary N) is 1. The van der Waals surface area contributed by atoms with Gasteiger partial charge in [0.05, 0.1) is 11.4 Å². The van der Waals surface area contributed by atoms with E-state index in [9.17, 15) is 19.1 Å². The minimum atomic E-state index is -1.42. The third kappa shape index (κ3) is 3.43. The van der Waals surface area contributed by atoms with Gasteiger partial charge in [-0.05, 0) is 24.6 Å². The molecule has 12 heteroatoms. The van der Waals surface area contributed by atoms with Gasteiger partial charge >= 0.3 is 5.97 Å². The molecule has 1 aliphatic rings. The predicted octanol–water partition coefficient (Wildman–Crippen LogP) is 2.08. The summed E-state index contributed by atoms with van der Waals surface area (Å²) in [6, 6.07) is 4.93. The number of aromatic carboxylic acids is 1. The fourth-order valence-corrected chi connectivity index (χ4v) is 4.02. The molecule has 0 aromatic carbocycles. The number of carbonyl (C=O) groups is 1. The van der Waals surface area contributed by atoms with Crippen molar-refractivity contribution in [3.8, 4) is 5.13 Å². The van der Waals surface area contributed by atoms with E-state index in [1.807, 2.05) is 19.1 Å². The first-order chi connectivity index (χ1) is 15.4. The Morgan fingerprint density at radius 2 is 2.12 bits per heavy atom. The molecule has 0 bridgehead atoms. The molecule has 1 aliphatic heterocycles. The summed E-state index contributed by atoms with van der Waals surface area (Å²) in [5.74, 6) is -1.31. The zero-order valence-electron chi connectivity index (χ0n) is 16.7. The Kier molecular flexibility index (Phi) is 4.78. The second kappa shape index (κ2) is 7.64. The Hall–Kier alpha value is -3.93. The molecule has 4 aromatic rings. The molecular formula is C20H16FN7O3S. The van der Waals surface area contributed by atoms with E-state index >= 15 is 0 Å². The number of halogens is 1. The van der Waals surface area contributed by atoms with Crippen LogP contribution in [-0.2, 0) is 0 Å². The van der Waals surface area contributed by atoms with E-state index in [-0.39, 0.29) is 22.9 Å². The fraction of sp³-hybridized carbons (Fsp3) is 0.200. The number of hydrogen-bond acceptors (Lipinski definition) is 9. The minimum Gasteiger partial charge on any atom is -0.477 e. The lowest BCUT2D eigenvalue weighted by molar-refractivity contribution is 0.0695. The molecule has 0 radical (unpaired) electrons. The van der Waals surface area contributed by atoms with Crippen molar-refractivity contribution < 1.29 is 14.3 Å². The van der Waals surface area contributed by atoms with Crippen LogP contribution in [0.2, 0.25) is 0 Å². The van der Waals surface area contributed by atoms with E-state index in [2.05, 4.69) is 24.6 Å². The van der Waals surface area contributed by atoms with Crippen LogP contribution >= 0.6 is 11.5 Å². The predicted molar refractivity (Wildman–Crippen MR) is 116 cm³/mol. The highest BCUT2D eigenvalue weighted by molar-refractivity contribution is 7.08. The van der Waals surface area contributed by atoms with Crippen molar-refractivity contribution in [2.45, 2.75) is 13.0 Å². The topological polar surface area (TPSA) is 126 Å². The lowest BCUT2D eigenvalue weighted by Crippen LogP contribution is -2.55. The van der Waals surface area contributed by atoms with Gasteiger partial charge in [-0.1, -0.05) is 6.07 Å². The number of aromatic nitrogens is 5. The van der Waals surface area contributed by atoms with E-state index in [1.165, 1.54) is 10.9 Å². The zero-order chi connectivity index (χ0) is 22.4. The van der Waals surface area contributed by atoms with Crippen molar-refractivity contribution in [3.63, 3.8) is 0 Å². The van der Waals surface area contributed by atoms with Gasteiger partial charge in [-0.2, -0.15) is 4.37 Å². The molecule has 162 valence electrons. The zero-order valence-corrected chi connectivity index (χ0v) is 17.5. The average molecular weight is 453 g/mol. The molecule has 2 N–H and O–H groups in total. The maximum Gasteiger partial charge on any atom is 0.341 e. The molecule has 10 nitrogen and oxygen atoms in total. The number of fused-ring (bicyclic) bond motifs is 1. The van der Waals surface area contributed by atoms with Gasteiger partial charge in [0.15, 0.2) is 17.3 Å². The Balaban J connectivity index is 1.50. The van der Waals surface area contributed by atoms with Gasteiger partial charge in [0.2, 0.25) is 10.6 Å². The summed E-state index contributed by atoms with van der Waals surface area (Å²) in [6.07, 6.45) is 4.22. The summed E-state index contributed by atoms with van der Waals surface area (Å²) < 4.78 is 20.2. The van der Waals surface area contributed by atoms with Crippen molar-refractivity contribution in [2.24, 2.45) is 0 Å². The van der Waals surface area contributed by atoms with Crippen LogP contribution in [0.4, 0.5) is 16.0 Å². The lowest BCUT2D eigenvalue weighted by Gasteiger charge is -2.40. The number of carboxylic acid groups (broad SMARTS) is 1. The molecule has 0 spiro atoms. The molecule has 5 heterocycles. The first-order valence-electron chi connectivity index (χ1n) is 9.61. The van der Waals surface area contributed by atoms with Crippen LogP contribution in [0.1, 0.15) is 15.9 Å². The van der Waals surface area contributed by atoms with Gasteiger partial charge < -0.3 is 15.3 Å². The van der Waals surface area contributed by atoms with Crippen LogP contribution < -0.4 is 15.6 Å².